The summed E-state index contributed by atoms with van der Waals surface area (Å²) >= 11 is 4.86. The summed E-state index contributed by atoms with van der Waals surface area (Å²) in [4.78, 5) is 0.546. The summed E-state index contributed by atoms with van der Waals surface area (Å²) in [6.45, 7) is 8.12. The van der Waals surface area contributed by atoms with E-state index in [1.165, 1.54) is 0 Å². The Hall–Kier alpha value is -0.505. The van der Waals surface area contributed by atoms with E-state index in [2.05, 4.69) is 13.8 Å². The second-order valence-corrected chi connectivity index (χ2v) is 2.52. The van der Waals surface area contributed by atoms with Gasteiger partial charge >= 0.3 is 0 Å². The van der Waals surface area contributed by atoms with Crippen molar-refractivity contribution in [3.8, 4) is 0 Å². The van der Waals surface area contributed by atoms with Gasteiger partial charge in [0.15, 0.2) is 0 Å². The van der Waals surface area contributed by atoms with Crippen LogP contribution < -0.4 is 0 Å². The fourth-order valence-corrected chi connectivity index (χ4v) is 0.986. The molecule has 0 saturated heterocycles. The van der Waals surface area contributed by atoms with Crippen LogP contribution in [0.5, 0.6) is 0 Å². The predicted octanol–water partition coefficient (Wildman–Crippen LogP) is 3.04. The highest BCUT2D eigenvalue weighted by molar-refractivity contribution is 7.71. The first kappa shape index (κ1) is 14.0. The summed E-state index contributed by atoms with van der Waals surface area (Å²) < 4.78 is 6.80. The van der Waals surface area contributed by atoms with Crippen molar-refractivity contribution in [2.24, 2.45) is 0 Å². The predicted molar refractivity (Wildman–Crippen MR) is 55.0 cm³/mol. The number of hydrogen-bond donors (Lipinski definition) is 0. The van der Waals surface area contributed by atoms with Gasteiger partial charge in [-0.1, -0.05) is 13.8 Å². The summed E-state index contributed by atoms with van der Waals surface area (Å²) in [5.74, 6) is 0. The van der Waals surface area contributed by atoms with Crippen LogP contribution in [0.15, 0.2) is 16.9 Å². The lowest BCUT2D eigenvalue weighted by Gasteiger charge is -2.02. The third-order valence-electron chi connectivity index (χ3n) is 1.16. The molecule has 0 bridgehead atoms. The molecule has 0 aromatic carbocycles. The second kappa shape index (κ2) is 7.16. The Morgan fingerprint density at radius 1 is 1.42 bits per heavy atom. The fourth-order valence-electron chi connectivity index (χ4n) is 0.659. The normalized spacial score (nSPS) is 8.42. The molecule has 0 saturated carbocycles. The fraction of sp³-hybridized carbons (Fsp3) is 0.625. The first-order valence-corrected chi connectivity index (χ1v) is 4.28. The van der Waals surface area contributed by atoms with Crippen LogP contribution >= 0.6 is 12.2 Å². The SMILES string of the molecule is CC.CC(C)n1ccoc1=S.[B]. The molecule has 4 heteroatoms. The van der Waals surface area contributed by atoms with Crippen LogP contribution in [-0.2, 0) is 0 Å². The van der Waals surface area contributed by atoms with Gasteiger partial charge in [0.25, 0.3) is 4.84 Å². The maximum absolute atomic E-state index is 4.90. The van der Waals surface area contributed by atoms with E-state index in [1.807, 2.05) is 24.6 Å². The molecule has 0 aliphatic rings. The summed E-state index contributed by atoms with van der Waals surface area (Å²) in [5.41, 5.74) is 0. The van der Waals surface area contributed by atoms with E-state index in [0.717, 1.165) is 0 Å². The number of nitrogens with zero attached hydrogens (tertiary/aromatic N) is 1. The maximum Gasteiger partial charge on any atom is 0.268 e. The Balaban J connectivity index is 0. The van der Waals surface area contributed by atoms with Gasteiger partial charge in [-0.25, -0.2) is 0 Å². The molecule has 0 amide bonds. The Morgan fingerprint density at radius 2 is 1.92 bits per heavy atom. The third-order valence-corrected chi connectivity index (χ3v) is 1.46. The van der Waals surface area contributed by atoms with Gasteiger partial charge in [0.05, 0.1) is 0 Å². The number of oxazole rings is 1. The van der Waals surface area contributed by atoms with Crippen LogP contribution in [0.2, 0.25) is 0 Å². The molecule has 0 unspecified atom stereocenters. The molecule has 0 aliphatic carbocycles. The molecule has 3 radical (unpaired) electrons. The maximum atomic E-state index is 4.90. The van der Waals surface area contributed by atoms with Gasteiger partial charge in [0, 0.05) is 20.7 Å². The standard InChI is InChI=1S/C6H9NOS.C2H6.B/c1-5(2)7-3-4-8-6(7)9;1-2;/h3-5H,1-2H3;1-2H3;. The monoisotopic (exact) mass is 184 g/mol. The molecule has 2 nitrogen and oxygen atoms in total. The Kier molecular flexibility index (Phi) is 8.38. The Bertz CT molecular complexity index is 241. The number of rotatable bonds is 1. The molecule has 67 valence electrons. The van der Waals surface area contributed by atoms with Gasteiger partial charge in [-0.05, 0) is 26.1 Å². The average Bonchev–Trinajstić information content (AvgIpc) is 2.39. The lowest BCUT2D eigenvalue weighted by atomic mass is 10.4. The Morgan fingerprint density at radius 3 is 2.08 bits per heavy atom. The summed E-state index contributed by atoms with van der Waals surface area (Å²) in [5, 5.41) is 0. The lowest BCUT2D eigenvalue weighted by Crippen LogP contribution is -1.96. The van der Waals surface area contributed by atoms with Crippen LogP contribution in [-0.4, -0.2) is 13.0 Å². The van der Waals surface area contributed by atoms with Crippen LogP contribution in [0.1, 0.15) is 33.7 Å². The van der Waals surface area contributed by atoms with E-state index in [4.69, 9.17) is 16.6 Å². The smallest absolute Gasteiger partial charge is 0.268 e. The number of aromatic nitrogens is 1. The molecular weight excluding hydrogens is 169 g/mol. The highest BCUT2D eigenvalue weighted by Crippen LogP contribution is 2.05. The van der Waals surface area contributed by atoms with Crippen molar-refractivity contribution >= 4 is 20.6 Å². The minimum Gasteiger partial charge on any atom is -0.438 e. The van der Waals surface area contributed by atoms with Gasteiger partial charge in [-0.15, -0.1) is 0 Å². The van der Waals surface area contributed by atoms with Crippen molar-refractivity contribution in [3.05, 3.63) is 17.3 Å². The average molecular weight is 184 g/mol. The van der Waals surface area contributed by atoms with E-state index in [0.29, 0.717) is 10.9 Å². The molecule has 1 aromatic heterocycles. The zero-order valence-electron chi connectivity index (χ0n) is 8.07. The lowest BCUT2D eigenvalue weighted by molar-refractivity contribution is 0.483. The third kappa shape index (κ3) is 3.76. The summed E-state index contributed by atoms with van der Waals surface area (Å²) in [7, 11) is 0. The van der Waals surface area contributed by atoms with Gasteiger partial charge < -0.3 is 8.98 Å². The molecule has 0 spiro atoms. The van der Waals surface area contributed by atoms with E-state index in [-0.39, 0.29) is 8.41 Å². The zero-order chi connectivity index (χ0) is 8.85. The van der Waals surface area contributed by atoms with Crippen molar-refractivity contribution in [3.63, 3.8) is 0 Å². The van der Waals surface area contributed by atoms with E-state index >= 15 is 0 Å². The Labute approximate surface area is 81.2 Å². The second-order valence-electron chi connectivity index (χ2n) is 2.17. The minimum absolute atomic E-state index is 0. The molecule has 0 N–H and O–H groups in total. The molecule has 1 aromatic rings. The van der Waals surface area contributed by atoms with Gasteiger partial charge in [0.2, 0.25) is 0 Å². The first-order valence-electron chi connectivity index (χ1n) is 3.87. The van der Waals surface area contributed by atoms with E-state index < -0.39 is 0 Å². The summed E-state index contributed by atoms with van der Waals surface area (Å²) in [6.07, 6.45) is 3.44. The topological polar surface area (TPSA) is 18.1 Å². The van der Waals surface area contributed by atoms with E-state index in [1.54, 1.807) is 6.26 Å². The van der Waals surface area contributed by atoms with Crippen molar-refractivity contribution in [2.75, 3.05) is 0 Å². The van der Waals surface area contributed by atoms with Crippen LogP contribution in [0.4, 0.5) is 0 Å². The molecule has 0 aliphatic heterocycles. The molecule has 0 atom stereocenters. The highest BCUT2D eigenvalue weighted by Gasteiger charge is 1.96. The van der Waals surface area contributed by atoms with Gasteiger partial charge in [-0.3, -0.25) is 0 Å². The van der Waals surface area contributed by atoms with Gasteiger partial charge in [-0.2, -0.15) is 0 Å². The molecule has 12 heavy (non-hydrogen) atoms. The largest absolute Gasteiger partial charge is 0.438 e. The van der Waals surface area contributed by atoms with E-state index in [9.17, 15) is 0 Å². The van der Waals surface area contributed by atoms with Crippen LogP contribution in [0.3, 0.4) is 0 Å². The first-order chi connectivity index (χ1) is 5.22. The minimum atomic E-state index is 0. The summed E-state index contributed by atoms with van der Waals surface area (Å²) in [6, 6.07) is 0.399. The quantitative estimate of drug-likeness (QED) is 0.493. The molecule has 0 fully saturated rings. The molecule has 1 heterocycles. The van der Waals surface area contributed by atoms with Crippen LogP contribution in [0, 0.1) is 4.84 Å². The van der Waals surface area contributed by atoms with Crippen molar-refractivity contribution in [2.45, 2.75) is 33.7 Å². The molecule has 1 rings (SSSR count). The van der Waals surface area contributed by atoms with Crippen molar-refractivity contribution in [1.29, 1.82) is 0 Å². The van der Waals surface area contributed by atoms with Crippen LogP contribution in [0.25, 0.3) is 0 Å². The zero-order valence-corrected chi connectivity index (χ0v) is 8.89. The van der Waals surface area contributed by atoms with Gasteiger partial charge in [0.1, 0.15) is 6.26 Å². The molecular formula is C8H15BNOS. The van der Waals surface area contributed by atoms with Crippen molar-refractivity contribution < 1.29 is 4.42 Å². The number of hydrogen-bond acceptors (Lipinski definition) is 2. The highest BCUT2D eigenvalue weighted by atomic mass is 32.1. The van der Waals surface area contributed by atoms with Crippen molar-refractivity contribution in [1.82, 2.24) is 4.57 Å².